The Morgan fingerprint density at radius 3 is 3.00 bits per heavy atom. The van der Waals surface area contributed by atoms with Crippen LogP contribution in [0.1, 0.15) is 25.3 Å². The number of likely N-dealkylation sites (tertiary alicyclic amines) is 1. The summed E-state index contributed by atoms with van der Waals surface area (Å²) in [4.78, 5) is 22.5. The van der Waals surface area contributed by atoms with E-state index < -0.39 is 0 Å². The standard InChI is InChI=1S/C19H25N5O/c1-3-17(25)24-11-9-16(13-24)23-19(20-2)22-12-15-7-4-6-14-8-5-10-21-18(14)15/h4-8,10,16H,3,9,11-13H2,1-2H3,(H2,20,22,23). The van der Waals surface area contributed by atoms with Gasteiger partial charge in [0.25, 0.3) is 0 Å². The first-order valence-corrected chi connectivity index (χ1v) is 8.79. The van der Waals surface area contributed by atoms with Crippen molar-refractivity contribution in [3.8, 4) is 0 Å². The molecule has 0 aliphatic carbocycles. The molecule has 1 fully saturated rings. The number of guanidine groups is 1. The maximum absolute atomic E-state index is 11.8. The van der Waals surface area contributed by atoms with Gasteiger partial charge in [-0.1, -0.05) is 31.2 Å². The minimum atomic E-state index is 0.217. The highest BCUT2D eigenvalue weighted by atomic mass is 16.2. The SMILES string of the molecule is CCC(=O)N1CCC(NC(=NC)NCc2cccc3cccnc23)C1. The summed E-state index contributed by atoms with van der Waals surface area (Å²) in [5, 5.41) is 7.91. The molecule has 2 N–H and O–H groups in total. The first-order chi connectivity index (χ1) is 12.2. The molecule has 1 atom stereocenters. The van der Waals surface area contributed by atoms with Crippen molar-refractivity contribution >= 4 is 22.8 Å². The fraction of sp³-hybridized carbons (Fsp3) is 0.421. The highest BCUT2D eigenvalue weighted by Gasteiger charge is 2.25. The fourth-order valence-electron chi connectivity index (χ4n) is 3.21. The molecule has 132 valence electrons. The molecule has 2 aromatic rings. The average Bonchev–Trinajstić information content (AvgIpc) is 3.13. The summed E-state index contributed by atoms with van der Waals surface area (Å²) in [6, 6.07) is 10.4. The summed E-state index contributed by atoms with van der Waals surface area (Å²) in [5.74, 6) is 0.970. The van der Waals surface area contributed by atoms with E-state index in [0.717, 1.165) is 41.9 Å². The third kappa shape index (κ3) is 4.07. The number of nitrogens with zero attached hydrogens (tertiary/aromatic N) is 3. The quantitative estimate of drug-likeness (QED) is 0.659. The molecule has 2 heterocycles. The molecule has 1 aromatic carbocycles. The van der Waals surface area contributed by atoms with E-state index in [4.69, 9.17) is 0 Å². The van der Waals surface area contributed by atoms with Gasteiger partial charge in [0.2, 0.25) is 5.91 Å². The van der Waals surface area contributed by atoms with Crippen molar-refractivity contribution in [3.05, 3.63) is 42.1 Å². The Kier molecular flexibility index (Phi) is 5.48. The molecule has 1 aromatic heterocycles. The number of para-hydroxylation sites is 1. The molecule has 6 heteroatoms. The van der Waals surface area contributed by atoms with Crippen LogP contribution < -0.4 is 10.6 Å². The van der Waals surface area contributed by atoms with Gasteiger partial charge in [0, 0.05) is 50.7 Å². The Hall–Kier alpha value is -2.63. The van der Waals surface area contributed by atoms with Crippen LogP contribution in [0.2, 0.25) is 0 Å². The summed E-state index contributed by atoms with van der Waals surface area (Å²) < 4.78 is 0. The molecule has 0 radical (unpaired) electrons. The molecule has 6 nitrogen and oxygen atoms in total. The lowest BCUT2D eigenvalue weighted by Crippen LogP contribution is -2.44. The van der Waals surface area contributed by atoms with E-state index in [1.54, 1.807) is 7.05 Å². The molecule has 1 aliphatic rings. The van der Waals surface area contributed by atoms with E-state index in [1.807, 2.05) is 30.2 Å². The number of nitrogens with one attached hydrogen (secondary N) is 2. The lowest BCUT2D eigenvalue weighted by atomic mass is 10.1. The van der Waals surface area contributed by atoms with Crippen LogP contribution in [0.4, 0.5) is 0 Å². The summed E-state index contributed by atoms with van der Waals surface area (Å²) in [7, 11) is 1.76. The topological polar surface area (TPSA) is 69.6 Å². The van der Waals surface area contributed by atoms with E-state index in [9.17, 15) is 4.79 Å². The lowest BCUT2D eigenvalue weighted by Gasteiger charge is -2.19. The first kappa shape index (κ1) is 17.2. The Balaban J connectivity index is 1.59. The second-order valence-corrected chi connectivity index (χ2v) is 6.24. The molecule has 1 unspecified atom stereocenters. The van der Waals surface area contributed by atoms with Crippen LogP contribution in [0, 0.1) is 0 Å². The zero-order valence-corrected chi connectivity index (χ0v) is 14.8. The van der Waals surface area contributed by atoms with Crippen LogP contribution in [0.25, 0.3) is 10.9 Å². The van der Waals surface area contributed by atoms with Crippen LogP contribution in [-0.4, -0.2) is 47.9 Å². The molecule has 1 saturated heterocycles. The summed E-state index contributed by atoms with van der Waals surface area (Å²) >= 11 is 0. The predicted octanol–water partition coefficient (Wildman–Crippen LogP) is 1.91. The number of rotatable bonds is 4. The van der Waals surface area contributed by atoms with E-state index in [0.29, 0.717) is 13.0 Å². The highest BCUT2D eigenvalue weighted by Crippen LogP contribution is 2.15. The molecule has 3 rings (SSSR count). The van der Waals surface area contributed by atoms with E-state index in [1.165, 1.54) is 0 Å². The van der Waals surface area contributed by atoms with Crippen LogP contribution in [0.3, 0.4) is 0 Å². The minimum Gasteiger partial charge on any atom is -0.352 e. The van der Waals surface area contributed by atoms with Crippen LogP contribution in [-0.2, 0) is 11.3 Å². The van der Waals surface area contributed by atoms with Gasteiger partial charge >= 0.3 is 0 Å². The number of carbonyl (C=O) groups excluding carboxylic acids is 1. The number of carbonyl (C=O) groups is 1. The number of hydrogen-bond donors (Lipinski definition) is 2. The van der Waals surface area contributed by atoms with Gasteiger partial charge in [-0.05, 0) is 18.1 Å². The minimum absolute atomic E-state index is 0.217. The molecule has 0 bridgehead atoms. The monoisotopic (exact) mass is 339 g/mol. The van der Waals surface area contributed by atoms with Crippen LogP contribution in [0.15, 0.2) is 41.5 Å². The number of aromatic nitrogens is 1. The third-order valence-electron chi connectivity index (χ3n) is 4.57. The Labute approximate surface area is 148 Å². The number of benzene rings is 1. The van der Waals surface area contributed by atoms with Crippen molar-refractivity contribution in [1.29, 1.82) is 0 Å². The molecule has 25 heavy (non-hydrogen) atoms. The largest absolute Gasteiger partial charge is 0.352 e. The summed E-state index contributed by atoms with van der Waals surface area (Å²) in [5.41, 5.74) is 2.14. The zero-order valence-electron chi connectivity index (χ0n) is 14.8. The Bertz CT molecular complexity index is 768. The van der Waals surface area contributed by atoms with E-state index in [-0.39, 0.29) is 11.9 Å². The predicted molar refractivity (Wildman–Crippen MR) is 100 cm³/mol. The third-order valence-corrected chi connectivity index (χ3v) is 4.57. The zero-order chi connectivity index (χ0) is 17.6. The van der Waals surface area contributed by atoms with Gasteiger partial charge in [0.1, 0.15) is 0 Å². The van der Waals surface area contributed by atoms with Crippen molar-refractivity contribution in [2.75, 3.05) is 20.1 Å². The van der Waals surface area contributed by atoms with Crippen molar-refractivity contribution in [2.45, 2.75) is 32.4 Å². The number of fused-ring (bicyclic) bond motifs is 1. The second kappa shape index (κ2) is 7.96. The number of amides is 1. The van der Waals surface area contributed by atoms with Crippen molar-refractivity contribution < 1.29 is 4.79 Å². The van der Waals surface area contributed by atoms with E-state index >= 15 is 0 Å². The van der Waals surface area contributed by atoms with Gasteiger partial charge in [-0.2, -0.15) is 0 Å². The molecule has 1 aliphatic heterocycles. The smallest absolute Gasteiger partial charge is 0.222 e. The number of hydrogen-bond acceptors (Lipinski definition) is 3. The number of pyridine rings is 1. The summed E-state index contributed by atoms with van der Waals surface area (Å²) in [6.07, 6.45) is 3.33. The highest BCUT2D eigenvalue weighted by molar-refractivity contribution is 5.83. The van der Waals surface area contributed by atoms with Gasteiger partial charge < -0.3 is 15.5 Å². The number of aliphatic imine (C=N–C) groups is 1. The van der Waals surface area contributed by atoms with Gasteiger partial charge in [-0.15, -0.1) is 0 Å². The lowest BCUT2D eigenvalue weighted by molar-refractivity contribution is -0.129. The molecule has 1 amide bonds. The maximum Gasteiger partial charge on any atom is 0.222 e. The van der Waals surface area contributed by atoms with Gasteiger partial charge in [-0.3, -0.25) is 14.8 Å². The normalized spacial score (nSPS) is 17.8. The Morgan fingerprint density at radius 1 is 1.36 bits per heavy atom. The maximum atomic E-state index is 11.8. The van der Waals surface area contributed by atoms with Crippen LogP contribution >= 0.6 is 0 Å². The molecule has 0 spiro atoms. The molecule has 0 saturated carbocycles. The van der Waals surface area contributed by atoms with Crippen LogP contribution in [0.5, 0.6) is 0 Å². The molecular formula is C19H25N5O. The van der Waals surface area contributed by atoms with Gasteiger partial charge in [0.05, 0.1) is 5.52 Å². The van der Waals surface area contributed by atoms with E-state index in [2.05, 4.69) is 38.8 Å². The fourth-order valence-corrected chi connectivity index (χ4v) is 3.21. The van der Waals surface area contributed by atoms with Crippen molar-refractivity contribution in [1.82, 2.24) is 20.5 Å². The van der Waals surface area contributed by atoms with Crippen molar-refractivity contribution in [2.24, 2.45) is 4.99 Å². The van der Waals surface area contributed by atoms with Gasteiger partial charge in [0.15, 0.2) is 5.96 Å². The average molecular weight is 339 g/mol. The van der Waals surface area contributed by atoms with Gasteiger partial charge in [-0.25, -0.2) is 0 Å². The first-order valence-electron chi connectivity index (χ1n) is 8.79. The second-order valence-electron chi connectivity index (χ2n) is 6.24. The Morgan fingerprint density at radius 2 is 2.20 bits per heavy atom. The van der Waals surface area contributed by atoms with Crippen molar-refractivity contribution in [3.63, 3.8) is 0 Å². The molecular weight excluding hydrogens is 314 g/mol. The summed E-state index contributed by atoms with van der Waals surface area (Å²) in [6.45, 7) is 4.11.